The normalized spacial score (nSPS) is 15.0. The number of nitrogens with zero attached hydrogens (tertiary/aromatic N) is 2. The molecule has 0 bridgehead atoms. The van der Waals surface area contributed by atoms with E-state index in [1.54, 1.807) is 12.1 Å². The number of fused-ring (bicyclic) bond motifs is 1. The summed E-state index contributed by atoms with van der Waals surface area (Å²) in [6, 6.07) is 7.69. The van der Waals surface area contributed by atoms with Gasteiger partial charge in [-0.3, -0.25) is 9.71 Å². The molecular formula is C16H16N4O4S. The Balaban J connectivity index is 1.58. The first-order valence-corrected chi connectivity index (χ1v) is 9.36. The smallest absolute Gasteiger partial charge is 0.408 e. The van der Waals surface area contributed by atoms with E-state index in [-0.39, 0.29) is 10.5 Å². The van der Waals surface area contributed by atoms with E-state index in [1.165, 1.54) is 24.4 Å². The molecule has 0 amide bonds. The van der Waals surface area contributed by atoms with Crippen LogP contribution in [0.4, 0.5) is 11.5 Å². The minimum Gasteiger partial charge on any atom is -0.408 e. The van der Waals surface area contributed by atoms with Gasteiger partial charge in [-0.25, -0.2) is 18.2 Å². The van der Waals surface area contributed by atoms with Crippen molar-refractivity contribution in [2.45, 2.75) is 17.7 Å². The zero-order valence-electron chi connectivity index (χ0n) is 13.2. The number of nitrogens with one attached hydrogen (secondary N) is 2. The summed E-state index contributed by atoms with van der Waals surface area (Å²) in [7, 11) is -3.81. The second-order valence-electron chi connectivity index (χ2n) is 5.88. The van der Waals surface area contributed by atoms with Gasteiger partial charge in [0.15, 0.2) is 5.58 Å². The molecule has 1 aliphatic heterocycles. The Morgan fingerprint density at radius 2 is 1.96 bits per heavy atom. The molecule has 130 valence electrons. The third-order valence-corrected chi connectivity index (χ3v) is 5.51. The highest BCUT2D eigenvalue weighted by Crippen LogP contribution is 2.22. The maximum Gasteiger partial charge on any atom is 0.417 e. The Hall–Kier alpha value is -2.81. The van der Waals surface area contributed by atoms with E-state index in [1.807, 2.05) is 0 Å². The van der Waals surface area contributed by atoms with E-state index in [0.29, 0.717) is 11.2 Å². The predicted molar refractivity (Wildman–Crippen MR) is 93.3 cm³/mol. The summed E-state index contributed by atoms with van der Waals surface area (Å²) in [5.74, 6) is 0.218. The molecule has 9 heteroatoms. The van der Waals surface area contributed by atoms with E-state index in [2.05, 4.69) is 19.6 Å². The van der Waals surface area contributed by atoms with Crippen LogP contribution in [0, 0.1) is 0 Å². The van der Waals surface area contributed by atoms with Crippen LogP contribution in [-0.4, -0.2) is 31.5 Å². The molecule has 3 aromatic rings. The summed E-state index contributed by atoms with van der Waals surface area (Å²) < 4.78 is 32.4. The molecule has 1 aromatic carbocycles. The van der Waals surface area contributed by atoms with Gasteiger partial charge < -0.3 is 9.32 Å². The summed E-state index contributed by atoms with van der Waals surface area (Å²) in [5.41, 5.74) is 1.01. The highest BCUT2D eigenvalue weighted by molar-refractivity contribution is 7.92. The molecule has 1 saturated heterocycles. The Bertz CT molecular complexity index is 1060. The zero-order valence-corrected chi connectivity index (χ0v) is 14.0. The SMILES string of the molecule is O=c1[nH]c2ccc(S(=O)(=O)Nc3ccc(N4CCCC4)nc3)cc2o1. The number of H-pyrrole nitrogens is 1. The summed E-state index contributed by atoms with van der Waals surface area (Å²) in [4.78, 5) is 20.1. The zero-order chi connectivity index (χ0) is 17.4. The fraction of sp³-hybridized carbons (Fsp3) is 0.250. The van der Waals surface area contributed by atoms with Gasteiger partial charge in [0.05, 0.1) is 22.3 Å². The fourth-order valence-corrected chi connectivity index (χ4v) is 3.94. The number of benzene rings is 1. The Morgan fingerprint density at radius 3 is 2.68 bits per heavy atom. The molecule has 0 saturated carbocycles. The molecule has 3 heterocycles. The summed E-state index contributed by atoms with van der Waals surface area (Å²) >= 11 is 0. The van der Waals surface area contributed by atoms with Crippen LogP contribution < -0.4 is 15.4 Å². The number of anilines is 2. The van der Waals surface area contributed by atoms with Crippen molar-refractivity contribution >= 4 is 32.6 Å². The number of pyridine rings is 1. The van der Waals surface area contributed by atoms with Gasteiger partial charge in [-0.1, -0.05) is 0 Å². The van der Waals surface area contributed by atoms with E-state index in [4.69, 9.17) is 4.42 Å². The lowest BCUT2D eigenvalue weighted by molar-refractivity contribution is 0.554. The van der Waals surface area contributed by atoms with Crippen molar-refractivity contribution in [3.05, 3.63) is 47.1 Å². The summed E-state index contributed by atoms with van der Waals surface area (Å²) in [5, 5.41) is 0. The lowest BCUT2D eigenvalue weighted by Crippen LogP contribution is -2.19. The highest BCUT2D eigenvalue weighted by Gasteiger charge is 2.17. The number of aromatic amines is 1. The van der Waals surface area contributed by atoms with Crippen molar-refractivity contribution in [1.82, 2.24) is 9.97 Å². The predicted octanol–water partition coefficient (Wildman–Crippen LogP) is 1.92. The molecule has 1 fully saturated rings. The van der Waals surface area contributed by atoms with E-state index >= 15 is 0 Å². The van der Waals surface area contributed by atoms with Crippen molar-refractivity contribution < 1.29 is 12.8 Å². The van der Waals surface area contributed by atoms with Crippen LogP contribution in [0.3, 0.4) is 0 Å². The van der Waals surface area contributed by atoms with Gasteiger partial charge in [0.2, 0.25) is 0 Å². The molecule has 8 nitrogen and oxygen atoms in total. The average Bonchev–Trinajstić information content (AvgIpc) is 3.22. The van der Waals surface area contributed by atoms with E-state index in [0.717, 1.165) is 31.7 Å². The molecule has 25 heavy (non-hydrogen) atoms. The third kappa shape index (κ3) is 3.10. The largest absolute Gasteiger partial charge is 0.417 e. The molecule has 2 N–H and O–H groups in total. The molecule has 4 rings (SSSR count). The van der Waals surface area contributed by atoms with Crippen molar-refractivity contribution in [2.75, 3.05) is 22.7 Å². The van der Waals surface area contributed by atoms with Gasteiger partial charge in [0, 0.05) is 19.2 Å². The van der Waals surface area contributed by atoms with Crippen LogP contribution >= 0.6 is 0 Å². The van der Waals surface area contributed by atoms with Crippen LogP contribution in [0.5, 0.6) is 0 Å². The van der Waals surface area contributed by atoms with Crippen LogP contribution in [-0.2, 0) is 10.0 Å². The molecule has 0 radical (unpaired) electrons. The summed E-state index contributed by atoms with van der Waals surface area (Å²) in [6.45, 7) is 1.94. The van der Waals surface area contributed by atoms with Crippen molar-refractivity contribution in [2.24, 2.45) is 0 Å². The van der Waals surface area contributed by atoms with Crippen LogP contribution in [0.1, 0.15) is 12.8 Å². The van der Waals surface area contributed by atoms with Gasteiger partial charge in [-0.15, -0.1) is 0 Å². The molecule has 2 aromatic heterocycles. The van der Waals surface area contributed by atoms with Gasteiger partial charge in [-0.2, -0.15) is 0 Å². The topological polar surface area (TPSA) is 108 Å². The molecular weight excluding hydrogens is 344 g/mol. The third-order valence-electron chi connectivity index (χ3n) is 4.13. The average molecular weight is 360 g/mol. The number of hydrogen-bond acceptors (Lipinski definition) is 6. The monoisotopic (exact) mass is 360 g/mol. The number of aromatic nitrogens is 2. The van der Waals surface area contributed by atoms with E-state index < -0.39 is 15.8 Å². The van der Waals surface area contributed by atoms with E-state index in [9.17, 15) is 13.2 Å². The van der Waals surface area contributed by atoms with Crippen LogP contribution in [0.2, 0.25) is 0 Å². The number of rotatable bonds is 4. The summed E-state index contributed by atoms with van der Waals surface area (Å²) in [6.07, 6.45) is 3.79. The molecule has 1 aliphatic rings. The van der Waals surface area contributed by atoms with Gasteiger partial charge >= 0.3 is 5.76 Å². The quantitative estimate of drug-likeness (QED) is 0.736. The first-order valence-electron chi connectivity index (χ1n) is 7.88. The van der Waals surface area contributed by atoms with Gasteiger partial charge in [0.25, 0.3) is 10.0 Å². The number of oxazole rings is 1. The molecule has 0 aliphatic carbocycles. The second kappa shape index (κ2) is 5.92. The first kappa shape index (κ1) is 15.7. The Morgan fingerprint density at radius 1 is 1.16 bits per heavy atom. The maximum atomic E-state index is 12.5. The second-order valence-corrected chi connectivity index (χ2v) is 7.56. The van der Waals surface area contributed by atoms with Crippen LogP contribution in [0.15, 0.2) is 50.6 Å². The standard InChI is InChI=1S/C16H16N4O4S/c21-16-18-13-5-4-12(9-14(13)24-16)25(22,23)19-11-3-6-15(17-10-11)20-7-1-2-8-20/h3-6,9-10,19H,1-2,7-8H2,(H,18,21). The maximum absolute atomic E-state index is 12.5. The highest BCUT2D eigenvalue weighted by atomic mass is 32.2. The van der Waals surface area contributed by atoms with Gasteiger partial charge in [-0.05, 0) is 37.1 Å². The minimum atomic E-state index is -3.81. The van der Waals surface area contributed by atoms with Crippen molar-refractivity contribution in [1.29, 1.82) is 0 Å². The van der Waals surface area contributed by atoms with Crippen molar-refractivity contribution in [3.63, 3.8) is 0 Å². The lowest BCUT2D eigenvalue weighted by atomic mass is 10.3. The minimum absolute atomic E-state index is 0.00590. The molecule has 0 atom stereocenters. The van der Waals surface area contributed by atoms with Crippen molar-refractivity contribution in [3.8, 4) is 0 Å². The van der Waals surface area contributed by atoms with Crippen LogP contribution in [0.25, 0.3) is 11.1 Å². The fourth-order valence-electron chi connectivity index (χ4n) is 2.89. The Kier molecular flexibility index (Phi) is 3.72. The first-order chi connectivity index (χ1) is 12.0. The number of sulfonamides is 1. The lowest BCUT2D eigenvalue weighted by Gasteiger charge is -2.16. The molecule has 0 unspecified atom stereocenters. The number of hydrogen-bond donors (Lipinski definition) is 2. The Labute approximate surface area is 143 Å². The molecule has 0 spiro atoms. The van der Waals surface area contributed by atoms with Gasteiger partial charge in [0.1, 0.15) is 5.82 Å².